The average Bonchev–Trinajstić information content (AvgIpc) is 2.36. The molecule has 0 aromatic heterocycles. The van der Waals surface area contributed by atoms with Crippen LogP contribution in [0.5, 0.6) is 0 Å². The van der Waals surface area contributed by atoms with E-state index in [1.165, 1.54) is 16.7 Å². The molecule has 0 radical (unpaired) electrons. The van der Waals surface area contributed by atoms with Gasteiger partial charge in [0.15, 0.2) is 0 Å². The predicted molar refractivity (Wildman–Crippen MR) is 69.3 cm³/mol. The van der Waals surface area contributed by atoms with Crippen molar-refractivity contribution in [2.45, 2.75) is 32.7 Å². The Morgan fingerprint density at radius 2 is 2.18 bits per heavy atom. The molecular weight excluding hydrogens is 212 g/mol. The average molecular weight is 232 g/mol. The van der Waals surface area contributed by atoms with Crippen LogP contribution in [0.4, 0.5) is 0 Å². The number of carbonyl (C=O) groups is 1. The third-order valence-electron chi connectivity index (χ3n) is 3.37. The molecule has 1 aliphatic heterocycles. The van der Waals surface area contributed by atoms with Crippen LogP contribution in [0.1, 0.15) is 46.8 Å². The number of amides is 1. The molecule has 0 saturated carbocycles. The van der Waals surface area contributed by atoms with Crippen LogP contribution in [0.25, 0.3) is 0 Å². The fourth-order valence-corrected chi connectivity index (χ4v) is 2.32. The molecule has 0 saturated heterocycles. The van der Waals surface area contributed by atoms with Gasteiger partial charge in [0, 0.05) is 19.2 Å². The van der Waals surface area contributed by atoms with Gasteiger partial charge in [-0.05, 0) is 41.6 Å². The maximum Gasteiger partial charge on any atom is 0.251 e. The third-order valence-corrected chi connectivity index (χ3v) is 3.37. The molecule has 0 bridgehead atoms. The van der Waals surface area contributed by atoms with Crippen molar-refractivity contribution in [2.24, 2.45) is 0 Å². The summed E-state index contributed by atoms with van der Waals surface area (Å²) in [4.78, 5) is 11.9. The largest absolute Gasteiger partial charge is 0.355 e. The summed E-state index contributed by atoms with van der Waals surface area (Å²) in [5.41, 5.74) is 4.59. The first-order valence-electron chi connectivity index (χ1n) is 6.22. The zero-order valence-corrected chi connectivity index (χ0v) is 10.8. The van der Waals surface area contributed by atoms with Crippen LogP contribution in [0.2, 0.25) is 0 Å². The minimum Gasteiger partial charge on any atom is -0.355 e. The zero-order valence-electron chi connectivity index (χ0n) is 10.8. The Bertz CT molecular complexity index is 438. The quantitative estimate of drug-likeness (QED) is 0.816. The third kappa shape index (κ3) is 2.34. The van der Waals surface area contributed by atoms with Crippen LogP contribution in [0.15, 0.2) is 12.1 Å². The number of fused-ring (bicyclic) bond motifs is 1. The SMILES string of the molecule is CNC(=O)c1cc(C(C)C)cc2c1CCNC2. The highest BCUT2D eigenvalue weighted by Gasteiger charge is 2.18. The van der Waals surface area contributed by atoms with E-state index in [4.69, 9.17) is 0 Å². The molecule has 92 valence electrons. The summed E-state index contributed by atoms with van der Waals surface area (Å²) in [6.07, 6.45) is 0.941. The second kappa shape index (κ2) is 4.88. The highest BCUT2D eigenvalue weighted by atomic mass is 16.1. The molecular formula is C14H20N2O. The predicted octanol–water partition coefficient (Wildman–Crippen LogP) is 1.82. The lowest BCUT2D eigenvalue weighted by molar-refractivity contribution is 0.0961. The van der Waals surface area contributed by atoms with Gasteiger partial charge in [0.25, 0.3) is 5.91 Å². The van der Waals surface area contributed by atoms with Crippen molar-refractivity contribution < 1.29 is 4.79 Å². The van der Waals surface area contributed by atoms with Crippen LogP contribution in [0, 0.1) is 0 Å². The van der Waals surface area contributed by atoms with E-state index in [0.717, 1.165) is 25.1 Å². The first-order chi connectivity index (χ1) is 8.13. The molecule has 17 heavy (non-hydrogen) atoms. The standard InChI is InChI=1S/C14H20N2O/c1-9(2)10-6-11-8-16-5-4-12(11)13(7-10)14(17)15-3/h6-7,9,16H,4-5,8H2,1-3H3,(H,15,17). The molecule has 2 N–H and O–H groups in total. The summed E-state index contributed by atoms with van der Waals surface area (Å²) in [7, 11) is 1.69. The Balaban J connectivity index is 2.54. The van der Waals surface area contributed by atoms with E-state index in [1.807, 2.05) is 6.07 Å². The maximum absolute atomic E-state index is 11.9. The van der Waals surface area contributed by atoms with E-state index in [0.29, 0.717) is 5.92 Å². The van der Waals surface area contributed by atoms with Gasteiger partial charge in [-0.2, -0.15) is 0 Å². The van der Waals surface area contributed by atoms with Crippen LogP contribution >= 0.6 is 0 Å². The molecule has 1 aromatic carbocycles. The Labute approximate surface area is 103 Å². The number of rotatable bonds is 2. The van der Waals surface area contributed by atoms with Crippen molar-refractivity contribution in [1.29, 1.82) is 0 Å². The molecule has 0 atom stereocenters. The van der Waals surface area contributed by atoms with E-state index in [1.54, 1.807) is 7.05 Å². The first-order valence-corrected chi connectivity index (χ1v) is 6.22. The number of nitrogens with one attached hydrogen (secondary N) is 2. The maximum atomic E-state index is 11.9. The lowest BCUT2D eigenvalue weighted by Gasteiger charge is -2.22. The minimum absolute atomic E-state index is 0.0330. The molecule has 0 aliphatic carbocycles. The summed E-state index contributed by atoms with van der Waals surface area (Å²) in [6.45, 7) is 6.15. The highest BCUT2D eigenvalue weighted by Crippen LogP contribution is 2.25. The highest BCUT2D eigenvalue weighted by molar-refractivity contribution is 5.96. The summed E-state index contributed by atoms with van der Waals surface area (Å²) < 4.78 is 0. The van der Waals surface area contributed by atoms with Crippen molar-refractivity contribution in [3.63, 3.8) is 0 Å². The zero-order chi connectivity index (χ0) is 12.4. The van der Waals surface area contributed by atoms with E-state index in [-0.39, 0.29) is 5.91 Å². The molecule has 3 heteroatoms. The molecule has 0 spiro atoms. The molecule has 1 aromatic rings. The molecule has 0 fully saturated rings. The van der Waals surface area contributed by atoms with Crippen molar-refractivity contribution in [3.05, 3.63) is 34.4 Å². The monoisotopic (exact) mass is 232 g/mol. The van der Waals surface area contributed by atoms with Crippen LogP contribution in [0.3, 0.4) is 0 Å². The van der Waals surface area contributed by atoms with Crippen LogP contribution in [-0.2, 0) is 13.0 Å². The number of carbonyl (C=O) groups excluding carboxylic acids is 1. The first kappa shape index (κ1) is 12.1. The lowest BCUT2D eigenvalue weighted by Crippen LogP contribution is -2.28. The van der Waals surface area contributed by atoms with E-state index in [2.05, 4.69) is 30.5 Å². The van der Waals surface area contributed by atoms with Gasteiger partial charge >= 0.3 is 0 Å². The molecule has 1 aliphatic rings. The van der Waals surface area contributed by atoms with Crippen LogP contribution < -0.4 is 10.6 Å². The molecule has 1 heterocycles. The smallest absolute Gasteiger partial charge is 0.251 e. The van der Waals surface area contributed by atoms with Gasteiger partial charge in [-0.25, -0.2) is 0 Å². The number of benzene rings is 1. The summed E-state index contributed by atoms with van der Waals surface area (Å²) in [5.74, 6) is 0.483. The van der Waals surface area contributed by atoms with Crippen LogP contribution in [-0.4, -0.2) is 19.5 Å². The van der Waals surface area contributed by atoms with Gasteiger partial charge in [-0.3, -0.25) is 4.79 Å². The fraction of sp³-hybridized carbons (Fsp3) is 0.500. The Morgan fingerprint density at radius 1 is 1.41 bits per heavy atom. The summed E-state index contributed by atoms with van der Waals surface area (Å²) in [5, 5.41) is 6.10. The van der Waals surface area contributed by atoms with Gasteiger partial charge in [0.05, 0.1) is 0 Å². The number of hydrogen-bond acceptors (Lipinski definition) is 2. The topological polar surface area (TPSA) is 41.1 Å². The van der Waals surface area contributed by atoms with E-state index in [9.17, 15) is 4.79 Å². The normalized spacial score (nSPS) is 14.6. The Morgan fingerprint density at radius 3 is 2.82 bits per heavy atom. The van der Waals surface area contributed by atoms with Gasteiger partial charge in [0.1, 0.15) is 0 Å². The van der Waals surface area contributed by atoms with Crippen molar-refractivity contribution in [1.82, 2.24) is 10.6 Å². The summed E-state index contributed by atoms with van der Waals surface area (Å²) >= 11 is 0. The van der Waals surface area contributed by atoms with Crippen molar-refractivity contribution in [2.75, 3.05) is 13.6 Å². The van der Waals surface area contributed by atoms with Gasteiger partial charge in [-0.15, -0.1) is 0 Å². The Kier molecular flexibility index (Phi) is 3.48. The Hall–Kier alpha value is -1.35. The van der Waals surface area contributed by atoms with Crippen molar-refractivity contribution >= 4 is 5.91 Å². The van der Waals surface area contributed by atoms with Gasteiger partial charge in [0.2, 0.25) is 0 Å². The fourth-order valence-electron chi connectivity index (χ4n) is 2.32. The second-order valence-corrected chi connectivity index (χ2v) is 4.87. The van der Waals surface area contributed by atoms with E-state index >= 15 is 0 Å². The van der Waals surface area contributed by atoms with E-state index < -0.39 is 0 Å². The second-order valence-electron chi connectivity index (χ2n) is 4.87. The molecule has 1 amide bonds. The molecule has 2 rings (SSSR count). The number of hydrogen-bond donors (Lipinski definition) is 2. The summed E-state index contributed by atoms with van der Waals surface area (Å²) in [6, 6.07) is 4.28. The van der Waals surface area contributed by atoms with Gasteiger partial charge in [-0.1, -0.05) is 19.9 Å². The molecule has 3 nitrogen and oxygen atoms in total. The lowest BCUT2D eigenvalue weighted by atomic mass is 9.89. The van der Waals surface area contributed by atoms with Crippen molar-refractivity contribution in [3.8, 4) is 0 Å². The van der Waals surface area contributed by atoms with Gasteiger partial charge < -0.3 is 10.6 Å². The molecule has 0 unspecified atom stereocenters. The minimum atomic E-state index is 0.0330.